The highest BCUT2D eigenvalue weighted by Crippen LogP contribution is 2.10. The molecule has 1 aromatic rings. The number of aromatic nitrogens is 1. The molecule has 0 radical (unpaired) electrons. The minimum absolute atomic E-state index is 0.0317. The average molecular weight is 331 g/mol. The lowest BCUT2D eigenvalue weighted by Gasteiger charge is -2.01. The first-order valence-corrected chi connectivity index (χ1v) is 9.03. The van der Waals surface area contributed by atoms with E-state index in [1.165, 1.54) is 44.9 Å². The van der Waals surface area contributed by atoms with Crippen LogP contribution >= 0.6 is 0 Å². The van der Waals surface area contributed by atoms with Crippen molar-refractivity contribution in [3.63, 3.8) is 0 Å². The topological polar surface area (TPSA) is 59.4 Å². The Labute approximate surface area is 145 Å². The van der Waals surface area contributed by atoms with Crippen molar-refractivity contribution in [2.45, 2.75) is 71.1 Å². The fourth-order valence-corrected chi connectivity index (χ4v) is 2.30. The molecule has 24 heavy (non-hydrogen) atoms. The Bertz CT molecular complexity index is 531. The van der Waals surface area contributed by atoms with Gasteiger partial charge in [0.25, 0.3) is 0 Å². The molecule has 0 spiro atoms. The number of hydrogen-bond donors (Lipinski definition) is 1. The van der Waals surface area contributed by atoms with Crippen LogP contribution in [0.5, 0.6) is 5.88 Å². The summed E-state index contributed by atoms with van der Waals surface area (Å²) in [5, 5.41) is 8.68. The molecule has 0 atom stereocenters. The lowest BCUT2D eigenvalue weighted by Crippen LogP contribution is -2.10. The fourth-order valence-electron chi connectivity index (χ4n) is 2.30. The van der Waals surface area contributed by atoms with E-state index in [0.717, 1.165) is 12.8 Å². The van der Waals surface area contributed by atoms with Crippen LogP contribution in [-0.2, 0) is 4.79 Å². The zero-order valence-electron chi connectivity index (χ0n) is 14.7. The highest BCUT2D eigenvalue weighted by Gasteiger charge is 2.04. The van der Waals surface area contributed by atoms with Crippen molar-refractivity contribution >= 4 is 5.97 Å². The smallest absolute Gasteiger partial charge is 0.314 e. The molecule has 4 nitrogen and oxygen atoms in total. The SMILES string of the molecule is CCCCCCCCCCC#Cc1cccc(OC(=O)CCO)n1. The van der Waals surface area contributed by atoms with Gasteiger partial charge >= 0.3 is 5.97 Å². The third-order valence-electron chi connectivity index (χ3n) is 3.63. The number of carbonyl (C=O) groups is 1. The van der Waals surface area contributed by atoms with Crippen molar-refractivity contribution in [3.05, 3.63) is 23.9 Å². The van der Waals surface area contributed by atoms with Crippen LogP contribution in [0.4, 0.5) is 0 Å². The Morgan fingerprint density at radius 2 is 1.83 bits per heavy atom. The van der Waals surface area contributed by atoms with Crippen molar-refractivity contribution in [1.29, 1.82) is 0 Å². The normalized spacial score (nSPS) is 10.1. The van der Waals surface area contributed by atoms with Crippen molar-refractivity contribution in [1.82, 2.24) is 4.98 Å². The number of nitrogens with zero attached hydrogens (tertiary/aromatic N) is 1. The van der Waals surface area contributed by atoms with E-state index >= 15 is 0 Å². The zero-order chi connectivity index (χ0) is 17.5. The van der Waals surface area contributed by atoms with E-state index in [2.05, 4.69) is 23.7 Å². The molecule has 0 aliphatic carbocycles. The highest BCUT2D eigenvalue weighted by molar-refractivity contribution is 5.71. The zero-order valence-corrected chi connectivity index (χ0v) is 14.7. The molecule has 0 aromatic carbocycles. The second kappa shape index (κ2) is 13.6. The number of ether oxygens (including phenoxy) is 1. The molecule has 1 rings (SSSR count). The first-order chi connectivity index (χ1) is 11.8. The Kier molecular flexibility index (Phi) is 11.4. The van der Waals surface area contributed by atoms with E-state index in [1.807, 2.05) is 0 Å². The Morgan fingerprint density at radius 1 is 1.12 bits per heavy atom. The molecule has 132 valence electrons. The van der Waals surface area contributed by atoms with Crippen molar-refractivity contribution in [2.24, 2.45) is 0 Å². The molecule has 0 saturated heterocycles. The number of esters is 1. The van der Waals surface area contributed by atoms with Gasteiger partial charge in [0.2, 0.25) is 5.88 Å². The third kappa shape index (κ3) is 10.0. The van der Waals surface area contributed by atoms with Gasteiger partial charge in [-0.15, -0.1) is 0 Å². The molecule has 0 fully saturated rings. The molecule has 0 aliphatic rings. The maximum atomic E-state index is 11.3. The van der Waals surface area contributed by atoms with Crippen molar-refractivity contribution in [2.75, 3.05) is 6.61 Å². The van der Waals surface area contributed by atoms with Crippen LogP contribution in [0, 0.1) is 11.8 Å². The van der Waals surface area contributed by atoms with E-state index < -0.39 is 5.97 Å². The molecule has 0 unspecified atom stereocenters. The first-order valence-electron chi connectivity index (χ1n) is 9.03. The Hall–Kier alpha value is -1.86. The number of pyridine rings is 1. The quantitative estimate of drug-likeness (QED) is 0.374. The van der Waals surface area contributed by atoms with Gasteiger partial charge in [0, 0.05) is 12.5 Å². The largest absolute Gasteiger partial charge is 0.407 e. The molecule has 4 heteroatoms. The first kappa shape index (κ1) is 20.2. The maximum absolute atomic E-state index is 11.3. The summed E-state index contributed by atoms with van der Waals surface area (Å²) >= 11 is 0. The monoisotopic (exact) mass is 331 g/mol. The van der Waals surface area contributed by atoms with Crippen LogP contribution in [0.3, 0.4) is 0 Å². The fraction of sp³-hybridized carbons (Fsp3) is 0.600. The molecular weight excluding hydrogens is 302 g/mol. The van der Waals surface area contributed by atoms with Gasteiger partial charge in [-0.1, -0.05) is 63.9 Å². The minimum Gasteiger partial charge on any atom is -0.407 e. The van der Waals surface area contributed by atoms with Crippen LogP contribution in [0.25, 0.3) is 0 Å². The number of aliphatic hydroxyl groups is 1. The van der Waals surface area contributed by atoms with Gasteiger partial charge in [0.1, 0.15) is 5.69 Å². The van der Waals surface area contributed by atoms with E-state index in [9.17, 15) is 4.79 Å². The summed E-state index contributed by atoms with van der Waals surface area (Å²) in [6.45, 7) is 2.01. The molecule has 0 amide bonds. The number of carbonyl (C=O) groups excluding carboxylic acids is 1. The predicted molar refractivity (Wildman–Crippen MR) is 95.7 cm³/mol. The standard InChI is InChI=1S/C20H29NO3/c1-2-3-4-5-6-7-8-9-10-11-13-18-14-12-15-19(21-18)24-20(23)16-17-22/h12,14-15,22H,2-10,16-17H2,1H3. The molecule has 1 N–H and O–H groups in total. The molecular formula is C20H29NO3. The molecule has 0 bridgehead atoms. The van der Waals surface area contributed by atoms with Gasteiger partial charge in [0.05, 0.1) is 13.0 Å². The second-order valence-corrected chi connectivity index (χ2v) is 5.84. The van der Waals surface area contributed by atoms with Crippen LogP contribution in [0.2, 0.25) is 0 Å². The van der Waals surface area contributed by atoms with Crippen LogP contribution in [0.15, 0.2) is 18.2 Å². The highest BCUT2D eigenvalue weighted by atomic mass is 16.5. The molecule has 1 heterocycles. The Morgan fingerprint density at radius 3 is 2.54 bits per heavy atom. The third-order valence-corrected chi connectivity index (χ3v) is 3.63. The van der Waals surface area contributed by atoms with Gasteiger partial charge in [-0.05, 0) is 18.4 Å². The molecule has 0 saturated carbocycles. The summed E-state index contributed by atoms with van der Waals surface area (Å²) in [6.07, 6.45) is 11.2. The van der Waals surface area contributed by atoms with E-state index in [1.54, 1.807) is 18.2 Å². The number of rotatable bonds is 11. The van der Waals surface area contributed by atoms with Crippen LogP contribution in [-0.4, -0.2) is 22.7 Å². The molecule has 1 aromatic heterocycles. The summed E-state index contributed by atoms with van der Waals surface area (Å²) in [7, 11) is 0. The summed E-state index contributed by atoms with van der Waals surface area (Å²) in [6, 6.07) is 5.16. The van der Waals surface area contributed by atoms with Gasteiger partial charge in [-0.3, -0.25) is 4.79 Å². The summed E-state index contributed by atoms with van der Waals surface area (Å²) < 4.78 is 5.02. The average Bonchev–Trinajstić information content (AvgIpc) is 2.57. The van der Waals surface area contributed by atoms with E-state index in [0.29, 0.717) is 5.69 Å². The predicted octanol–water partition coefficient (Wildman–Crippen LogP) is 4.25. The summed E-state index contributed by atoms with van der Waals surface area (Å²) in [4.78, 5) is 15.5. The van der Waals surface area contributed by atoms with Crippen molar-refractivity contribution in [3.8, 4) is 17.7 Å². The number of aliphatic hydroxyl groups excluding tert-OH is 1. The Balaban J connectivity index is 2.22. The van der Waals surface area contributed by atoms with Gasteiger partial charge in [0.15, 0.2) is 0 Å². The maximum Gasteiger partial charge on any atom is 0.314 e. The van der Waals surface area contributed by atoms with Gasteiger partial charge in [-0.25, -0.2) is 4.98 Å². The number of unbranched alkanes of at least 4 members (excludes halogenated alkanes) is 8. The lowest BCUT2D eigenvalue weighted by atomic mass is 10.1. The van der Waals surface area contributed by atoms with E-state index in [4.69, 9.17) is 9.84 Å². The second-order valence-electron chi connectivity index (χ2n) is 5.84. The number of hydrogen-bond acceptors (Lipinski definition) is 4. The van der Waals surface area contributed by atoms with Gasteiger partial charge < -0.3 is 9.84 Å². The van der Waals surface area contributed by atoms with Gasteiger partial charge in [-0.2, -0.15) is 0 Å². The van der Waals surface area contributed by atoms with Crippen LogP contribution in [0.1, 0.15) is 76.8 Å². The molecule has 0 aliphatic heterocycles. The van der Waals surface area contributed by atoms with Crippen LogP contribution < -0.4 is 4.74 Å². The lowest BCUT2D eigenvalue weighted by molar-refractivity contribution is -0.135. The van der Waals surface area contributed by atoms with E-state index in [-0.39, 0.29) is 18.9 Å². The summed E-state index contributed by atoms with van der Waals surface area (Å²) in [5.41, 5.74) is 0.601. The minimum atomic E-state index is -0.492. The summed E-state index contributed by atoms with van der Waals surface area (Å²) in [5.74, 6) is 5.87. The van der Waals surface area contributed by atoms with Crippen molar-refractivity contribution < 1.29 is 14.6 Å².